The van der Waals surface area contributed by atoms with Gasteiger partial charge in [-0.1, -0.05) is 18.2 Å². The van der Waals surface area contributed by atoms with Crippen LogP contribution in [-0.2, 0) is 0 Å². The first kappa shape index (κ1) is 14.6. The van der Waals surface area contributed by atoms with Crippen LogP contribution in [0.15, 0.2) is 64.2 Å². The third kappa shape index (κ3) is 3.01. The number of carbonyl (C=O) groups excluding carboxylic acids is 1. The number of fused-ring (bicyclic) bond motifs is 1. The first-order chi connectivity index (χ1) is 11.2. The van der Waals surface area contributed by atoms with Crippen LogP contribution >= 0.6 is 0 Å². The molecule has 0 aliphatic carbocycles. The molecule has 0 aliphatic rings. The summed E-state index contributed by atoms with van der Waals surface area (Å²) in [6, 6.07) is 15.5. The highest BCUT2D eigenvalue weighted by Crippen LogP contribution is 2.23. The molecule has 0 radical (unpaired) electrons. The van der Waals surface area contributed by atoms with Crippen LogP contribution < -0.4 is 15.6 Å². The summed E-state index contributed by atoms with van der Waals surface area (Å²) < 4.78 is 10.6. The predicted molar refractivity (Wildman–Crippen MR) is 84.5 cm³/mol. The molecule has 0 atom stereocenters. The topological polar surface area (TPSA) is 84.1 Å². The Morgan fingerprint density at radius 3 is 2.65 bits per heavy atom. The number of nitrogens with one attached hydrogen (secondary N) is 1. The van der Waals surface area contributed by atoms with Gasteiger partial charge in [0.2, 0.25) is 0 Å². The average molecular weight is 310 g/mol. The van der Waals surface area contributed by atoms with Crippen molar-refractivity contribution in [2.24, 2.45) is 5.16 Å². The molecular formula is C17H14N2O4. The number of anilines is 1. The zero-order chi connectivity index (χ0) is 16.2. The molecule has 1 aromatic heterocycles. The number of methoxy groups -OCH3 is 1. The van der Waals surface area contributed by atoms with Crippen LogP contribution in [0.1, 0.15) is 10.4 Å². The van der Waals surface area contributed by atoms with E-state index in [0.29, 0.717) is 28.0 Å². The highest BCUT2D eigenvalue weighted by molar-refractivity contribution is 6.12. The Hall–Kier alpha value is -3.28. The molecule has 0 unspecified atom stereocenters. The van der Waals surface area contributed by atoms with E-state index in [0.717, 1.165) is 0 Å². The van der Waals surface area contributed by atoms with E-state index in [-0.39, 0.29) is 11.5 Å². The monoisotopic (exact) mass is 310 g/mol. The average Bonchev–Trinajstić information content (AvgIpc) is 2.60. The van der Waals surface area contributed by atoms with E-state index in [1.54, 1.807) is 30.3 Å². The molecule has 3 rings (SSSR count). The molecule has 0 saturated carbocycles. The number of rotatable bonds is 3. The largest absolute Gasteiger partial charge is 0.497 e. The van der Waals surface area contributed by atoms with E-state index in [1.165, 1.54) is 13.2 Å². The number of carbonyl (C=O) groups is 1. The van der Waals surface area contributed by atoms with Gasteiger partial charge in [-0.15, -0.1) is 0 Å². The van der Waals surface area contributed by atoms with Gasteiger partial charge in [0.1, 0.15) is 11.3 Å². The molecule has 3 aromatic rings. The molecule has 23 heavy (non-hydrogen) atoms. The summed E-state index contributed by atoms with van der Waals surface area (Å²) in [5, 5.41) is 15.4. The molecule has 0 bridgehead atoms. The lowest BCUT2D eigenvalue weighted by Gasteiger charge is -2.08. The van der Waals surface area contributed by atoms with Gasteiger partial charge in [0.25, 0.3) is 11.5 Å². The van der Waals surface area contributed by atoms with Gasteiger partial charge in [-0.25, -0.2) is 0 Å². The van der Waals surface area contributed by atoms with Crippen molar-refractivity contribution in [3.8, 4) is 5.75 Å². The molecule has 2 N–H and O–H groups in total. The standard InChI is InChI=1S/C17H14N2O4/c1-22-12-7-8-13-14(10-16(19-21)23-15(13)9-12)17(20)18-11-5-3-2-4-6-11/h2-10,21H,1H3,(H,18,20). The first-order valence-electron chi connectivity index (χ1n) is 6.87. The second-order valence-corrected chi connectivity index (χ2v) is 4.78. The number of amides is 1. The fourth-order valence-electron chi connectivity index (χ4n) is 2.24. The minimum Gasteiger partial charge on any atom is -0.497 e. The fraction of sp³-hybridized carbons (Fsp3) is 0.0588. The van der Waals surface area contributed by atoms with Gasteiger partial charge in [-0.05, 0) is 29.4 Å². The van der Waals surface area contributed by atoms with Crippen LogP contribution in [0.25, 0.3) is 11.0 Å². The van der Waals surface area contributed by atoms with Crippen molar-refractivity contribution in [3.63, 3.8) is 0 Å². The summed E-state index contributed by atoms with van der Waals surface area (Å²) in [5.41, 5.74) is 1.33. The zero-order valence-corrected chi connectivity index (χ0v) is 12.3. The van der Waals surface area contributed by atoms with Gasteiger partial charge < -0.3 is 19.7 Å². The third-order valence-electron chi connectivity index (χ3n) is 3.34. The van der Waals surface area contributed by atoms with Crippen molar-refractivity contribution < 1.29 is 19.2 Å². The number of benzene rings is 2. The van der Waals surface area contributed by atoms with Crippen molar-refractivity contribution in [1.82, 2.24) is 0 Å². The minimum atomic E-state index is -0.327. The molecule has 6 heteroatoms. The quantitative estimate of drug-likeness (QED) is 0.575. The fourth-order valence-corrected chi connectivity index (χ4v) is 2.24. The van der Waals surface area contributed by atoms with Crippen LogP contribution in [0.4, 0.5) is 5.69 Å². The van der Waals surface area contributed by atoms with Crippen LogP contribution in [0.2, 0.25) is 0 Å². The van der Waals surface area contributed by atoms with Crippen LogP contribution in [-0.4, -0.2) is 18.2 Å². The molecule has 0 fully saturated rings. The van der Waals surface area contributed by atoms with Gasteiger partial charge >= 0.3 is 0 Å². The number of hydrogen-bond acceptors (Lipinski definition) is 5. The van der Waals surface area contributed by atoms with Crippen molar-refractivity contribution in [3.05, 3.63) is 65.7 Å². The number of nitrogens with zero attached hydrogens (tertiary/aromatic N) is 1. The molecule has 116 valence electrons. The van der Waals surface area contributed by atoms with Crippen LogP contribution in [0.5, 0.6) is 5.75 Å². The lowest BCUT2D eigenvalue weighted by Crippen LogP contribution is -2.15. The summed E-state index contributed by atoms with van der Waals surface area (Å²) in [6.07, 6.45) is 0. The molecule has 0 saturated heterocycles. The second-order valence-electron chi connectivity index (χ2n) is 4.78. The van der Waals surface area contributed by atoms with Crippen molar-refractivity contribution >= 4 is 22.6 Å². The second kappa shape index (κ2) is 6.23. The van der Waals surface area contributed by atoms with Gasteiger partial charge in [-0.3, -0.25) is 4.79 Å². The Morgan fingerprint density at radius 1 is 1.17 bits per heavy atom. The maximum absolute atomic E-state index is 12.5. The van der Waals surface area contributed by atoms with Crippen molar-refractivity contribution in [2.45, 2.75) is 0 Å². The number of hydrogen-bond donors (Lipinski definition) is 2. The van der Waals surface area contributed by atoms with Crippen molar-refractivity contribution in [1.29, 1.82) is 0 Å². The molecule has 1 heterocycles. The van der Waals surface area contributed by atoms with Gasteiger partial charge in [0, 0.05) is 23.2 Å². The molecule has 0 spiro atoms. The van der Waals surface area contributed by atoms with Crippen LogP contribution in [0, 0.1) is 0 Å². The van der Waals surface area contributed by atoms with E-state index in [9.17, 15) is 4.79 Å². The molecule has 2 aromatic carbocycles. The zero-order valence-electron chi connectivity index (χ0n) is 12.3. The highest BCUT2D eigenvalue weighted by atomic mass is 16.5. The van der Waals surface area contributed by atoms with Crippen molar-refractivity contribution in [2.75, 3.05) is 12.4 Å². The summed E-state index contributed by atoms with van der Waals surface area (Å²) in [6.45, 7) is 0. The Labute approximate surface area is 131 Å². The highest BCUT2D eigenvalue weighted by Gasteiger charge is 2.13. The summed E-state index contributed by atoms with van der Waals surface area (Å²) in [5.74, 6) is 0.248. The van der Waals surface area contributed by atoms with Gasteiger partial charge in [0.05, 0.1) is 12.7 Å². The number of para-hydroxylation sites is 1. The third-order valence-corrected chi connectivity index (χ3v) is 3.34. The Kier molecular flexibility index (Phi) is 3.97. The first-order valence-corrected chi connectivity index (χ1v) is 6.87. The molecular weight excluding hydrogens is 296 g/mol. The van der Waals surface area contributed by atoms with E-state index >= 15 is 0 Å². The van der Waals surface area contributed by atoms with E-state index < -0.39 is 0 Å². The summed E-state index contributed by atoms with van der Waals surface area (Å²) in [7, 11) is 1.53. The van der Waals surface area contributed by atoms with E-state index in [4.69, 9.17) is 14.4 Å². The maximum Gasteiger partial charge on any atom is 0.256 e. The van der Waals surface area contributed by atoms with Gasteiger partial charge in [-0.2, -0.15) is 0 Å². The maximum atomic E-state index is 12.5. The van der Waals surface area contributed by atoms with Gasteiger partial charge in [0.15, 0.2) is 0 Å². The normalized spacial score (nSPS) is 11.4. The smallest absolute Gasteiger partial charge is 0.256 e. The minimum absolute atomic E-state index is 0.0658. The summed E-state index contributed by atoms with van der Waals surface area (Å²) in [4.78, 5) is 12.5. The molecule has 0 aliphatic heterocycles. The lowest BCUT2D eigenvalue weighted by atomic mass is 10.1. The molecule has 1 amide bonds. The SMILES string of the molecule is COc1ccc2c(C(=O)Nc3ccccc3)cc(=NO)oc2c1. The number of ether oxygens (including phenoxy) is 1. The lowest BCUT2D eigenvalue weighted by molar-refractivity contribution is 0.102. The van der Waals surface area contributed by atoms with E-state index in [2.05, 4.69) is 10.5 Å². The Balaban J connectivity index is 2.10. The van der Waals surface area contributed by atoms with Crippen LogP contribution in [0.3, 0.4) is 0 Å². The van der Waals surface area contributed by atoms with E-state index in [1.807, 2.05) is 18.2 Å². The Morgan fingerprint density at radius 2 is 1.96 bits per heavy atom. The summed E-state index contributed by atoms with van der Waals surface area (Å²) >= 11 is 0. The predicted octanol–water partition coefficient (Wildman–Crippen LogP) is 2.98. The molecule has 6 nitrogen and oxygen atoms in total. The Bertz CT molecular complexity index is 917.